The highest BCUT2D eigenvalue weighted by Gasteiger charge is 2.32. The Balaban J connectivity index is 1.86. The predicted molar refractivity (Wildman–Crippen MR) is 86.2 cm³/mol. The highest BCUT2D eigenvalue weighted by atomic mass is 32.2. The summed E-state index contributed by atoms with van der Waals surface area (Å²) in [5.74, 6) is -1.40. The number of carbonyl (C=O) groups is 1. The summed E-state index contributed by atoms with van der Waals surface area (Å²) in [6, 6.07) is 1.82. The van der Waals surface area contributed by atoms with Gasteiger partial charge in [0.2, 0.25) is 0 Å². The fraction of sp³-hybridized carbons (Fsp3) is 0.0769. The van der Waals surface area contributed by atoms with E-state index in [-0.39, 0.29) is 15.6 Å². The summed E-state index contributed by atoms with van der Waals surface area (Å²) in [4.78, 5) is 17.5. The van der Waals surface area contributed by atoms with E-state index in [1.54, 1.807) is 0 Å². The highest BCUT2D eigenvalue weighted by molar-refractivity contribution is 7.93. The molecule has 0 spiro atoms. The molecule has 0 aromatic carbocycles. The molecule has 0 aliphatic heterocycles. The van der Waals surface area contributed by atoms with Gasteiger partial charge in [-0.15, -0.1) is 11.3 Å². The number of hydrogen-bond donors (Lipinski definition) is 2. The number of nitrogens with one attached hydrogen (secondary N) is 1. The lowest BCUT2D eigenvalue weighted by molar-refractivity contribution is -0.141. The Labute approximate surface area is 153 Å². The van der Waals surface area contributed by atoms with Gasteiger partial charge < -0.3 is 5.11 Å². The molecular weight excluding hydrogens is 411 g/mol. The average Bonchev–Trinajstić information content (AvgIpc) is 3.23. The van der Waals surface area contributed by atoms with E-state index in [1.165, 1.54) is 5.51 Å². The molecule has 3 aromatic rings. The number of rotatable bonds is 5. The van der Waals surface area contributed by atoms with E-state index in [0.717, 1.165) is 46.7 Å². The number of halogens is 3. The number of anilines is 1. The Morgan fingerprint density at radius 1 is 1.22 bits per heavy atom. The van der Waals surface area contributed by atoms with Crippen molar-refractivity contribution >= 4 is 32.3 Å². The van der Waals surface area contributed by atoms with Gasteiger partial charge in [-0.2, -0.15) is 18.3 Å². The summed E-state index contributed by atoms with van der Waals surface area (Å²) in [6.07, 6.45) is -1.70. The number of aromatic nitrogens is 4. The van der Waals surface area contributed by atoms with Crippen molar-refractivity contribution in [3.63, 3.8) is 0 Å². The van der Waals surface area contributed by atoms with Gasteiger partial charge in [0.15, 0.2) is 5.69 Å². The molecular formula is C13H8F3N5O4S2. The van der Waals surface area contributed by atoms with E-state index in [0.29, 0.717) is 0 Å². The van der Waals surface area contributed by atoms with Crippen LogP contribution in [0.1, 0.15) is 16.2 Å². The summed E-state index contributed by atoms with van der Waals surface area (Å²) in [6.45, 7) is 0. The molecule has 3 aromatic heterocycles. The zero-order valence-electron chi connectivity index (χ0n) is 12.9. The van der Waals surface area contributed by atoms with Gasteiger partial charge >= 0.3 is 12.1 Å². The Morgan fingerprint density at radius 3 is 2.56 bits per heavy atom. The molecule has 3 rings (SSSR count). The summed E-state index contributed by atoms with van der Waals surface area (Å²) in [5.41, 5.74) is -0.283. The summed E-state index contributed by atoms with van der Waals surface area (Å²) >= 11 is 0.781. The van der Waals surface area contributed by atoms with Crippen LogP contribution < -0.4 is 4.72 Å². The number of thiazole rings is 1. The number of alkyl halides is 3. The van der Waals surface area contributed by atoms with Crippen molar-refractivity contribution in [2.45, 2.75) is 11.1 Å². The van der Waals surface area contributed by atoms with Crippen molar-refractivity contribution in [3.05, 3.63) is 47.6 Å². The smallest absolute Gasteiger partial charge is 0.433 e. The number of carboxylic acids is 1. The maximum Gasteiger partial charge on any atom is 0.433 e. The zero-order chi connectivity index (χ0) is 19.8. The molecule has 0 radical (unpaired) electrons. The molecule has 9 nitrogen and oxygen atoms in total. The number of nitrogens with zero attached hydrogens (tertiary/aromatic N) is 4. The molecule has 142 valence electrons. The normalized spacial score (nSPS) is 12.1. The van der Waals surface area contributed by atoms with Crippen LogP contribution in [-0.4, -0.2) is 39.2 Å². The van der Waals surface area contributed by atoms with Gasteiger partial charge in [-0.1, -0.05) is 0 Å². The van der Waals surface area contributed by atoms with Crippen molar-refractivity contribution in [1.82, 2.24) is 19.7 Å². The molecule has 0 fully saturated rings. The fourth-order valence-corrected chi connectivity index (χ4v) is 3.85. The molecule has 3 heterocycles. The molecule has 14 heteroatoms. The lowest BCUT2D eigenvalue weighted by atomic mass is 10.3. The van der Waals surface area contributed by atoms with Crippen LogP contribution in [0.4, 0.5) is 18.2 Å². The number of aromatic carboxylic acids is 1. The second-order valence-electron chi connectivity index (χ2n) is 4.96. The minimum Gasteiger partial charge on any atom is -0.476 e. The Morgan fingerprint density at radius 2 is 1.96 bits per heavy atom. The third-order valence-electron chi connectivity index (χ3n) is 3.17. The number of sulfonamides is 1. The number of pyridine rings is 1. The van der Waals surface area contributed by atoms with Crippen molar-refractivity contribution in [2.75, 3.05) is 4.72 Å². The van der Waals surface area contributed by atoms with Crippen LogP contribution in [0.2, 0.25) is 0 Å². The first-order valence-corrected chi connectivity index (χ1v) is 9.22. The van der Waals surface area contributed by atoms with Gasteiger partial charge in [-0.3, -0.25) is 4.72 Å². The molecule has 0 unspecified atom stereocenters. The number of carboxylic acid groups (broad SMARTS) is 1. The molecule has 0 bridgehead atoms. The molecule has 0 amide bonds. The largest absolute Gasteiger partial charge is 0.476 e. The summed E-state index contributed by atoms with van der Waals surface area (Å²) < 4.78 is 65.4. The van der Waals surface area contributed by atoms with Gasteiger partial charge in [0.05, 0.1) is 29.8 Å². The molecule has 2 N–H and O–H groups in total. The van der Waals surface area contributed by atoms with Crippen molar-refractivity contribution in [3.8, 4) is 5.69 Å². The average molecular weight is 419 g/mol. The van der Waals surface area contributed by atoms with Gasteiger partial charge in [0, 0.05) is 0 Å². The first-order valence-electron chi connectivity index (χ1n) is 6.86. The second-order valence-corrected chi connectivity index (χ2v) is 7.50. The fourth-order valence-electron chi connectivity index (χ4n) is 1.93. The van der Waals surface area contributed by atoms with Crippen molar-refractivity contribution in [2.24, 2.45) is 0 Å². The SMILES string of the molecule is O=C(O)c1ncsc1NS(=O)(=O)c1cnn(-c2ccc(C(F)(F)F)nc2)c1. The summed E-state index contributed by atoms with van der Waals surface area (Å²) in [5, 5.41) is 12.6. The first-order chi connectivity index (χ1) is 12.6. The Hall–Kier alpha value is -3.00. The van der Waals surface area contributed by atoms with Crippen LogP contribution in [-0.2, 0) is 16.2 Å². The first kappa shape index (κ1) is 18.8. The maximum atomic E-state index is 12.5. The van der Waals surface area contributed by atoms with Crippen LogP contribution in [0.15, 0.2) is 41.1 Å². The maximum absolute atomic E-state index is 12.5. The van der Waals surface area contributed by atoms with E-state index in [9.17, 15) is 26.4 Å². The van der Waals surface area contributed by atoms with E-state index >= 15 is 0 Å². The third kappa shape index (κ3) is 3.90. The minimum atomic E-state index is -4.60. The second kappa shape index (κ2) is 6.62. The van der Waals surface area contributed by atoms with E-state index in [4.69, 9.17) is 5.11 Å². The van der Waals surface area contributed by atoms with Gasteiger partial charge in [0.1, 0.15) is 15.6 Å². The van der Waals surface area contributed by atoms with Gasteiger partial charge in [-0.05, 0) is 12.1 Å². The summed E-state index contributed by atoms with van der Waals surface area (Å²) in [7, 11) is -4.18. The molecule has 0 aliphatic carbocycles. The quantitative estimate of drug-likeness (QED) is 0.649. The molecule has 0 aliphatic rings. The zero-order valence-corrected chi connectivity index (χ0v) is 14.5. The van der Waals surface area contributed by atoms with E-state index in [2.05, 4.69) is 19.8 Å². The van der Waals surface area contributed by atoms with Crippen molar-refractivity contribution in [1.29, 1.82) is 0 Å². The topological polar surface area (TPSA) is 127 Å². The van der Waals surface area contributed by atoms with Gasteiger partial charge in [0.25, 0.3) is 10.0 Å². The van der Waals surface area contributed by atoms with Crippen LogP contribution in [0.25, 0.3) is 5.69 Å². The third-order valence-corrected chi connectivity index (χ3v) is 5.34. The van der Waals surface area contributed by atoms with Crippen LogP contribution in [0, 0.1) is 0 Å². The Bertz CT molecular complexity index is 1090. The molecule has 0 saturated heterocycles. The molecule has 27 heavy (non-hydrogen) atoms. The lowest BCUT2D eigenvalue weighted by Crippen LogP contribution is -2.14. The number of hydrogen-bond acceptors (Lipinski definition) is 7. The van der Waals surface area contributed by atoms with Gasteiger partial charge in [-0.25, -0.2) is 27.9 Å². The van der Waals surface area contributed by atoms with Crippen LogP contribution in [0.3, 0.4) is 0 Å². The van der Waals surface area contributed by atoms with Crippen molar-refractivity contribution < 1.29 is 31.5 Å². The molecule has 0 saturated carbocycles. The Kier molecular flexibility index (Phi) is 4.61. The standard InChI is InChI=1S/C13H8F3N5O4S2/c14-13(15,16)9-2-1-7(3-17-9)21-5-8(4-19-21)27(24,25)20-11-10(12(22)23)18-6-26-11/h1-6,20H,(H,22,23). The van der Waals surface area contributed by atoms with E-state index < -0.39 is 33.6 Å². The van der Waals surface area contributed by atoms with E-state index in [1.807, 2.05) is 0 Å². The van der Waals surface area contributed by atoms with Crippen LogP contribution >= 0.6 is 11.3 Å². The lowest BCUT2D eigenvalue weighted by Gasteiger charge is -2.06. The minimum absolute atomic E-state index is 0.105. The van der Waals surface area contributed by atoms with Crippen LogP contribution in [0.5, 0.6) is 0 Å². The monoisotopic (exact) mass is 419 g/mol. The highest BCUT2D eigenvalue weighted by Crippen LogP contribution is 2.28. The predicted octanol–water partition coefficient (Wildman–Crippen LogP) is 2.24. The molecule has 0 atom stereocenters.